The molecular weight excluding hydrogens is 252 g/mol. The summed E-state index contributed by atoms with van der Waals surface area (Å²) in [4.78, 5) is 15.9. The zero-order valence-electron chi connectivity index (χ0n) is 10.6. The van der Waals surface area contributed by atoms with Gasteiger partial charge in [-0.25, -0.2) is 0 Å². The summed E-state index contributed by atoms with van der Waals surface area (Å²) in [5, 5.41) is 9.96. The van der Waals surface area contributed by atoms with Gasteiger partial charge in [-0.05, 0) is 37.7 Å². The maximum atomic E-state index is 12.3. The third-order valence-electron chi connectivity index (χ3n) is 3.38. The van der Waals surface area contributed by atoms with Crippen LogP contribution in [0.2, 0.25) is 5.02 Å². The maximum absolute atomic E-state index is 12.3. The van der Waals surface area contributed by atoms with Crippen molar-refractivity contribution >= 4 is 23.2 Å². The van der Waals surface area contributed by atoms with E-state index in [9.17, 15) is 9.90 Å². The fourth-order valence-corrected chi connectivity index (χ4v) is 2.50. The summed E-state index contributed by atoms with van der Waals surface area (Å²) in [6.45, 7) is 3.16. The summed E-state index contributed by atoms with van der Waals surface area (Å²) in [5.74, 6) is -0.0586. The summed E-state index contributed by atoms with van der Waals surface area (Å²) in [6.07, 6.45) is 0. The molecule has 18 heavy (non-hydrogen) atoms. The smallest absolute Gasteiger partial charge is 0.246 e. The van der Waals surface area contributed by atoms with E-state index in [0.29, 0.717) is 11.6 Å². The zero-order valence-corrected chi connectivity index (χ0v) is 11.3. The molecule has 1 aromatic rings. The van der Waals surface area contributed by atoms with Crippen LogP contribution in [-0.2, 0) is 4.79 Å². The molecule has 0 aliphatic carbocycles. The van der Waals surface area contributed by atoms with Gasteiger partial charge in [-0.1, -0.05) is 11.6 Å². The number of hydrogen-bond donors (Lipinski definition) is 1. The first kappa shape index (κ1) is 13.3. The lowest BCUT2D eigenvalue weighted by Gasteiger charge is -2.38. The van der Waals surface area contributed by atoms with Gasteiger partial charge in [-0.3, -0.25) is 9.69 Å². The van der Waals surface area contributed by atoms with Crippen LogP contribution in [0.5, 0.6) is 0 Å². The Balaban J connectivity index is 2.30. The lowest BCUT2D eigenvalue weighted by atomic mass is 10.1. The average molecular weight is 269 g/mol. The molecule has 2 rings (SSSR count). The summed E-state index contributed by atoms with van der Waals surface area (Å²) >= 11 is 5.92. The molecule has 0 aromatic heterocycles. The monoisotopic (exact) mass is 268 g/mol. The zero-order chi connectivity index (χ0) is 13.3. The first-order valence-electron chi connectivity index (χ1n) is 5.93. The van der Waals surface area contributed by atoms with Crippen molar-refractivity contribution < 1.29 is 9.90 Å². The third kappa shape index (κ3) is 2.36. The normalized spacial score (nSPS) is 21.4. The van der Waals surface area contributed by atoms with E-state index in [1.165, 1.54) is 0 Å². The molecule has 1 fully saturated rings. The molecule has 1 unspecified atom stereocenters. The van der Waals surface area contributed by atoms with Crippen molar-refractivity contribution in [3.8, 4) is 0 Å². The molecule has 0 bridgehead atoms. The van der Waals surface area contributed by atoms with Gasteiger partial charge < -0.3 is 10.0 Å². The highest BCUT2D eigenvalue weighted by Crippen LogP contribution is 2.26. The van der Waals surface area contributed by atoms with Crippen molar-refractivity contribution in [2.24, 2.45) is 0 Å². The lowest BCUT2D eigenvalue weighted by Crippen LogP contribution is -2.57. The number of hydrogen-bond acceptors (Lipinski definition) is 3. The molecule has 1 heterocycles. The highest BCUT2D eigenvalue weighted by Gasteiger charge is 2.33. The predicted octanol–water partition coefficient (Wildman–Crippen LogP) is 1.29. The SMILES string of the molecule is Cc1cc(Cl)ccc1N1CCN(C)C(CO)C1=O. The molecule has 98 valence electrons. The lowest BCUT2D eigenvalue weighted by molar-refractivity contribution is -0.126. The van der Waals surface area contributed by atoms with Crippen LogP contribution in [0.4, 0.5) is 5.69 Å². The fraction of sp³-hybridized carbons (Fsp3) is 0.462. The van der Waals surface area contributed by atoms with Crippen LogP contribution in [0.15, 0.2) is 18.2 Å². The highest BCUT2D eigenvalue weighted by atomic mass is 35.5. The van der Waals surface area contributed by atoms with Crippen molar-refractivity contribution in [1.29, 1.82) is 0 Å². The van der Waals surface area contributed by atoms with Crippen LogP contribution in [0.25, 0.3) is 0 Å². The number of amides is 1. The van der Waals surface area contributed by atoms with Crippen LogP contribution in [0.1, 0.15) is 5.56 Å². The Morgan fingerprint density at radius 1 is 1.44 bits per heavy atom. The second-order valence-corrected chi connectivity index (χ2v) is 5.04. The first-order valence-corrected chi connectivity index (χ1v) is 6.31. The maximum Gasteiger partial charge on any atom is 0.246 e. The molecule has 0 saturated carbocycles. The number of halogens is 1. The summed E-state index contributed by atoms with van der Waals surface area (Å²) in [7, 11) is 1.85. The third-order valence-corrected chi connectivity index (χ3v) is 3.62. The Bertz CT molecular complexity index is 464. The molecule has 1 amide bonds. The Kier molecular flexibility index (Phi) is 3.90. The fourth-order valence-electron chi connectivity index (χ4n) is 2.27. The molecule has 4 nitrogen and oxygen atoms in total. The first-order chi connectivity index (χ1) is 8.54. The minimum Gasteiger partial charge on any atom is -0.394 e. The van der Waals surface area contributed by atoms with Crippen molar-refractivity contribution in [2.45, 2.75) is 13.0 Å². The van der Waals surface area contributed by atoms with Crippen LogP contribution >= 0.6 is 11.6 Å². The van der Waals surface area contributed by atoms with Crippen molar-refractivity contribution in [2.75, 3.05) is 31.6 Å². The summed E-state index contributed by atoms with van der Waals surface area (Å²) < 4.78 is 0. The van der Waals surface area contributed by atoms with E-state index < -0.39 is 6.04 Å². The van der Waals surface area contributed by atoms with Crippen molar-refractivity contribution in [3.63, 3.8) is 0 Å². The molecule has 0 radical (unpaired) electrons. The van der Waals surface area contributed by atoms with Crippen LogP contribution in [0, 0.1) is 6.92 Å². The molecule has 1 aliphatic rings. The molecule has 0 spiro atoms. The van der Waals surface area contributed by atoms with Gasteiger partial charge >= 0.3 is 0 Å². The van der Waals surface area contributed by atoms with Crippen molar-refractivity contribution in [1.82, 2.24) is 4.90 Å². The predicted molar refractivity (Wildman–Crippen MR) is 72.0 cm³/mol. The molecular formula is C13H17ClN2O2. The van der Waals surface area contributed by atoms with E-state index >= 15 is 0 Å². The number of likely N-dealkylation sites (N-methyl/N-ethyl adjacent to an activating group) is 1. The van der Waals surface area contributed by atoms with E-state index in [-0.39, 0.29) is 12.5 Å². The Morgan fingerprint density at radius 3 is 2.78 bits per heavy atom. The number of carbonyl (C=O) groups excluding carboxylic acids is 1. The van der Waals surface area contributed by atoms with Gasteiger partial charge in [-0.2, -0.15) is 0 Å². The van der Waals surface area contributed by atoms with E-state index in [1.54, 1.807) is 11.0 Å². The van der Waals surface area contributed by atoms with E-state index in [1.807, 2.05) is 31.0 Å². The Hall–Kier alpha value is -1.10. The highest BCUT2D eigenvalue weighted by molar-refractivity contribution is 6.30. The molecule has 1 N–H and O–H groups in total. The molecule has 5 heteroatoms. The number of aliphatic hydroxyl groups excluding tert-OH is 1. The summed E-state index contributed by atoms with van der Waals surface area (Å²) in [6, 6.07) is 5.03. The topological polar surface area (TPSA) is 43.8 Å². The molecule has 1 atom stereocenters. The molecule has 1 aromatic carbocycles. The van der Waals surface area contributed by atoms with Gasteiger partial charge in [0.2, 0.25) is 5.91 Å². The van der Waals surface area contributed by atoms with Gasteiger partial charge in [0.1, 0.15) is 6.04 Å². The number of aryl methyl sites for hydroxylation is 1. The van der Waals surface area contributed by atoms with Gasteiger partial charge in [0.25, 0.3) is 0 Å². The van der Waals surface area contributed by atoms with E-state index in [2.05, 4.69) is 0 Å². The van der Waals surface area contributed by atoms with E-state index in [4.69, 9.17) is 11.6 Å². The van der Waals surface area contributed by atoms with E-state index in [0.717, 1.165) is 17.8 Å². The number of benzene rings is 1. The second kappa shape index (κ2) is 5.26. The molecule has 1 aliphatic heterocycles. The minimum absolute atomic E-state index is 0.0586. The molecule has 1 saturated heterocycles. The van der Waals surface area contributed by atoms with Crippen LogP contribution < -0.4 is 4.90 Å². The second-order valence-electron chi connectivity index (χ2n) is 4.60. The van der Waals surface area contributed by atoms with Gasteiger partial charge in [0.15, 0.2) is 0 Å². The number of piperazine rings is 1. The number of carbonyl (C=O) groups is 1. The van der Waals surface area contributed by atoms with Crippen molar-refractivity contribution in [3.05, 3.63) is 28.8 Å². The number of rotatable bonds is 2. The standard InChI is InChI=1S/C13H17ClN2O2/c1-9-7-10(14)3-4-11(9)16-6-5-15(2)12(8-17)13(16)18/h3-4,7,12,17H,5-6,8H2,1-2H3. The Labute approximate surface area is 112 Å². The minimum atomic E-state index is -0.450. The largest absolute Gasteiger partial charge is 0.394 e. The quantitative estimate of drug-likeness (QED) is 0.879. The van der Waals surface area contributed by atoms with Crippen LogP contribution in [0.3, 0.4) is 0 Å². The number of aliphatic hydroxyl groups is 1. The van der Waals surface area contributed by atoms with Gasteiger partial charge in [0, 0.05) is 23.8 Å². The van der Waals surface area contributed by atoms with Gasteiger partial charge in [-0.15, -0.1) is 0 Å². The number of nitrogens with zero attached hydrogens (tertiary/aromatic N) is 2. The Morgan fingerprint density at radius 2 is 2.17 bits per heavy atom. The average Bonchev–Trinajstić information content (AvgIpc) is 2.31. The number of anilines is 1. The summed E-state index contributed by atoms with van der Waals surface area (Å²) in [5.41, 5.74) is 1.84. The van der Waals surface area contributed by atoms with Gasteiger partial charge in [0.05, 0.1) is 6.61 Å². The van der Waals surface area contributed by atoms with Crippen LogP contribution in [-0.4, -0.2) is 48.7 Å².